The summed E-state index contributed by atoms with van der Waals surface area (Å²) in [4.78, 5) is 18.0. The molecule has 0 aliphatic carbocycles. The van der Waals surface area contributed by atoms with E-state index in [1.165, 1.54) is 0 Å². The Hall–Kier alpha value is -3.52. The van der Waals surface area contributed by atoms with E-state index in [2.05, 4.69) is 45.5 Å². The Balaban J connectivity index is 1.39. The molecule has 0 radical (unpaired) electrons. The largest absolute Gasteiger partial charge is 0.497 e. The molecule has 2 N–H and O–H groups in total. The summed E-state index contributed by atoms with van der Waals surface area (Å²) in [6, 6.07) is 12.4. The molecule has 0 spiro atoms. The lowest BCUT2D eigenvalue weighted by atomic mass is 9.95. The van der Waals surface area contributed by atoms with Gasteiger partial charge in [0.15, 0.2) is 0 Å². The van der Waals surface area contributed by atoms with Crippen LogP contribution >= 0.6 is 0 Å². The number of likely N-dealkylation sites (N-methyl/N-ethyl adjacent to an activating group) is 1. The van der Waals surface area contributed by atoms with Crippen molar-refractivity contribution in [2.24, 2.45) is 5.92 Å². The number of fused-ring (bicyclic) bond motifs is 1. The highest BCUT2D eigenvalue weighted by atomic mass is 16.5. The number of amides is 1. The highest BCUT2D eigenvalue weighted by Gasteiger charge is 2.29. The van der Waals surface area contributed by atoms with Gasteiger partial charge in [-0.2, -0.15) is 5.10 Å². The summed E-state index contributed by atoms with van der Waals surface area (Å²) in [6.07, 6.45) is 5.41. The van der Waals surface area contributed by atoms with Crippen LogP contribution in [0.3, 0.4) is 0 Å². The Bertz CT molecular complexity index is 1160. The number of nitrogens with one attached hydrogen (secondary N) is 2. The summed E-state index contributed by atoms with van der Waals surface area (Å²) in [5.41, 5.74) is 4.95. The molecule has 2 aromatic carbocycles. The van der Waals surface area contributed by atoms with E-state index in [1.807, 2.05) is 42.7 Å². The molecule has 8 nitrogen and oxygen atoms in total. The number of carbonyl (C=O) groups excluding carboxylic acids is 1. The molecular formula is C26H31N5O3. The minimum absolute atomic E-state index is 0.0332. The number of hydrogen-bond donors (Lipinski definition) is 2. The van der Waals surface area contributed by atoms with Crippen molar-refractivity contribution in [1.29, 1.82) is 0 Å². The molecule has 2 aliphatic heterocycles. The average molecular weight is 462 g/mol. The lowest BCUT2D eigenvalue weighted by Gasteiger charge is -2.27. The van der Waals surface area contributed by atoms with Gasteiger partial charge in [0, 0.05) is 30.9 Å². The van der Waals surface area contributed by atoms with E-state index >= 15 is 0 Å². The Morgan fingerprint density at radius 1 is 1.24 bits per heavy atom. The molecule has 2 atom stereocenters. The Kier molecular flexibility index (Phi) is 6.15. The maximum atomic E-state index is 13.3. The van der Waals surface area contributed by atoms with E-state index in [9.17, 15) is 4.79 Å². The predicted molar refractivity (Wildman–Crippen MR) is 133 cm³/mol. The van der Waals surface area contributed by atoms with Crippen LogP contribution in [-0.4, -0.2) is 67.9 Å². The zero-order chi connectivity index (χ0) is 23.7. The molecular weight excluding hydrogens is 430 g/mol. The minimum atomic E-state index is -0.269. The van der Waals surface area contributed by atoms with Crippen molar-refractivity contribution in [3.63, 3.8) is 0 Å². The summed E-state index contributed by atoms with van der Waals surface area (Å²) in [7, 11) is 5.88. The number of rotatable bonds is 6. The standard InChI is InChI=1S/C26H31N5O3/c1-30(2)21-8-9-31(15-21)24-12-17(20-13-27-28-14-20)4-6-23(24)29-26(32)19-10-18-11-22(33-3)5-7-25(18)34-16-19/h4-7,11-14,19,21H,8-10,15-16H2,1-3H3,(H,27,28)(H,29,32)/t19-,21+/m1/s1. The lowest BCUT2D eigenvalue weighted by molar-refractivity contribution is -0.121. The van der Waals surface area contributed by atoms with Gasteiger partial charge in [-0.15, -0.1) is 0 Å². The van der Waals surface area contributed by atoms with E-state index < -0.39 is 0 Å². The van der Waals surface area contributed by atoms with Crippen LogP contribution in [-0.2, 0) is 11.2 Å². The van der Waals surface area contributed by atoms with Crippen LogP contribution in [0.4, 0.5) is 11.4 Å². The van der Waals surface area contributed by atoms with Crippen molar-refractivity contribution in [2.75, 3.05) is 51.1 Å². The molecule has 1 saturated heterocycles. The van der Waals surface area contributed by atoms with Gasteiger partial charge in [-0.05, 0) is 68.4 Å². The number of ether oxygens (including phenoxy) is 2. The molecule has 34 heavy (non-hydrogen) atoms. The maximum absolute atomic E-state index is 13.3. The molecule has 5 rings (SSSR count). The van der Waals surface area contributed by atoms with Gasteiger partial charge < -0.3 is 24.6 Å². The Labute approximate surface area is 199 Å². The Morgan fingerprint density at radius 3 is 2.85 bits per heavy atom. The molecule has 2 aliphatic rings. The van der Waals surface area contributed by atoms with E-state index in [0.717, 1.165) is 59.1 Å². The average Bonchev–Trinajstić information content (AvgIpc) is 3.56. The number of benzene rings is 2. The van der Waals surface area contributed by atoms with Crippen molar-refractivity contribution in [3.05, 3.63) is 54.4 Å². The van der Waals surface area contributed by atoms with Crippen molar-refractivity contribution >= 4 is 17.3 Å². The summed E-state index contributed by atoms with van der Waals surface area (Å²) < 4.78 is 11.2. The maximum Gasteiger partial charge on any atom is 0.231 e. The van der Waals surface area contributed by atoms with Crippen LogP contribution in [0.25, 0.3) is 11.1 Å². The second-order valence-corrected chi connectivity index (χ2v) is 9.25. The van der Waals surface area contributed by atoms with E-state index in [1.54, 1.807) is 7.11 Å². The number of H-pyrrole nitrogens is 1. The third-order valence-electron chi connectivity index (χ3n) is 6.87. The molecule has 1 fully saturated rings. The normalized spacial score (nSPS) is 19.6. The number of hydrogen-bond acceptors (Lipinski definition) is 6. The quantitative estimate of drug-likeness (QED) is 0.585. The van der Waals surface area contributed by atoms with Crippen molar-refractivity contribution < 1.29 is 14.3 Å². The van der Waals surface area contributed by atoms with E-state index in [4.69, 9.17) is 9.47 Å². The summed E-state index contributed by atoms with van der Waals surface area (Å²) >= 11 is 0. The molecule has 3 aromatic rings. The molecule has 0 bridgehead atoms. The molecule has 1 amide bonds. The second kappa shape index (κ2) is 9.38. The fraction of sp³-hybridized carbons (Fsp3) is 0.385. The SMILES string of the molecule is COc1ccc2c(c1)C[C@@H](C(=O)Nc1ccc(-c3cn[nH]c3)cc1N1CC[C@H](N(C)C)C1)CO2. The first-order chi connectivity index (χ1) is 16.5. The zero-order valence-electron chi connectivity index (χ0n) is 19.9. The topological polar surface area (TPSA) is 82.7 Å². The Morgan fingerprint density at radius 2 is 2.12 bits per heavy atom. The van der Waals surface area contributed by atoms with Crippen LogP contribution in [0, 0.1) is 5.92 Å². The van der Waals surface area contributed by atoms with Crippen LogP contribution in [0.5, 0.6) is 11.5 Å². The summed E-state index contributed by atoms with van der Waals surface area (Å²) in [5.74, 6) is 1.29. The molecule has 1 aromatic heterocycles. The second-order valence-electron chi connectivity index (χ2n) is 9.25. The van der Waals surface area contributed by atoms with Crippen molar-refractivity contribution in [2.45, 2.75) is 18.9 Å². The lowest BCUT2D eigenvalue weighted by Crippen LogP contribution is -2.34. The van der Waals surface area contributed by atoms with Crippen LogP contribution in [0.2, 0.25) is 0 Å². The highest BCUT2D eigenvalue weighted by Crippen LogP contribution is 2.36. The van der Waals surface area contributed by atoms with Gasteiger partial charge in [-0.3, -0.25) is 9.89 Å². The predicted octanol–water partition coefficient (Wildman–Crippen LogP) is 3.42. The minimum Gasteiger partial charge on any atom is -0.497 e. The third kappa shape index (κ3) is 4.46. The first-order valence-corrected chi connectivity index (χ1v) is 11.7. The van der Waals surface area contributed by atoms with Gasteiger partial charge in [-0.1, -0.05) is 6.07 Å². The van der Waals surface area contributed by atoms with Crippen molar-refractivity contribution in [3.8, 4) is 22.6 Å². The monoisotopic (exact) mass is 461 g/mol. The van der Waals surface area contributed by atoms with Crippen LogP contribution in [0.15, 0.2) is 48.8 Å². The molecule has 8 heteroatoms. The molecule has 178 valence electrons. The van der Waals surface area contributed by atoms with Gasteiger partial charge in [0.2, 0.25) is 5.91 Å². The number of aromatic nitrogens is 2. The number of nitrogens with zero attached hydrogens (tertiary/aromatic N) is 3. The van der Waals surface area contributed by atoms with Crippen LogP contribution in [0.1, 0.15) is 12.0 Å². The van der Waals surface area contributed by atoms with E-state index in [0.29, 0.717) is 19.1 Å². The smallest absolute Gasteiger partial charge is 0.231 e. The van der Waals surface area contributed by atoms with Gasteiger partial charge in [0.05, 0.1) is 30.6 Å². The fourth-order valence-corrected chi connectivity index (χ4v) is 4.77. The first-order valence-electron chi connectivity index (χ1n) is 11.7. The van der Waals surface area contributed by atoms with Gasteiger partial charge >= 0.3 is 0 Å². The number of anilines is 2. The summed E-state index contributed by atoms with van der Waals surface area (Å²) in [5, 5.41) is 10.2. The van der Waals surface area contributed by atoms with E-state index in [-0.39, 0.29) is 11.8 Å². The number of aromatic amines is 1. The fourth-order valence-electron chi connectivity index (χ4n) is 4.77. The zero-order valence-corrected chi connectivity index (χ0v) is 19.9. The van der Waals surface area contributed by atoms with Crippen molar-refractivity contribution in [1.82, 2.24) is 15.1 Å². The number of methoxy groups -OCH3 is 1. The van der Waals surface area contributed by atoms with Gasteiger partial charge in [0.1, 0.15) is 18.1 Å². The molecule has 3 heterocycles. The first kappa shape index (κ1) is 22.3. The third-order valence-corrected chi connectivity index (χ3v) is 6.87. The molecule has 0 saturated carbocycles. The summed E-state index contributed by atoms with van der Waals surface area (Å²) in [6.45, 7) is 2.23. The van der Waals surface area contributed by atoms with Crippen LogP contribution < -0.4 is 19.7 Å². The highest BCUT2D eigenvalue weighted by molar-refractivity contribution is 5.97. The molecule has 0 unspecified atom stereocenters. The number of carbonyl (C=O) groups is 1. The van der Waals surface area contributed by atoms with Gasteiger partial charge in [0.25, 0.3) is 0 Å². The van der Waals surface area contributed by atoms with Gasteiger partial charge in [-0.25, -0.2) is 0 Å².